The van der Waals surface area contributed by atoms with Gasteiger partial charge < -0.3 is 16.0 Å². The first-order chi connectivity index (χ1) is 9.94. The smallest absolute Gasteiger partial charge is 0.268 e. The first-order valence-electron chi connectivity index (χ1n) is 7.69. The molecule has 5 heteroatoms. The topological polar surface area (TPSA) is 88.0 Å². The van der Waals surface area contributed by atoms with Crippen molar-refractivity contribution in [1.29, 1.82) is 0 Å². The van der Waals surface area contributed by atoms with Crippen LogP contribution >= 0.6 is 0 Å². The van der Waals surface area contributed by atoms with Crippen LogP contribution < -0.4 is 11.1 Å². The van der Waals surface area contributed by atoms with Gasteiger partial charge in [0.1, 0.15) is 5.69 Å². The highest BCUT2D eigenvalue weighted by Gasteiger charge is 2.35. The highest BCUT2D eigenvalue weighted by Crippen LogP contribution is 2.29. The summed E-state index contributed by atoms with van der Waals surface area (Å²) in [6, 6.07) is 0. The number of carbonyl (C=O) groups excluding carboxylic acids is 2. The summed E-state index contributed by atoms with van der Waals surface area (Å²) in [6.07, 6.45) is 4.70. The van der Waals surface area contributed by atoms with E-state index in [9.17, 15) is 9.59 Å². The molecule has 5 nitrogen and oxygen atoms in total. The molecule has 21 heavy (non-hydrogen) atoms. The third-order valence-corrected chi connectivity index (χ3v) is 4.55. The van der Waals surface area contributed by atoms with Gasteiger partial charge in [0, 0.05) is 17.8 Å². The molecule has 1 fully saturated rings. The molecule has 0 bridgehead atoms. The first kappa shape index (κ1) is 15.8. The van der Waals surface area contributed by atoms with E-state index in [2.05, 4.69) is 10.3 Å². The van der Waals surface area contributed by atoms with Crippen molar-refractivity contribution in [2.45, 2.75) is 58.4 Å². The molecule has 1 aliphatic carbocycles. The number of amides is 1. The van der Waals surface area contributed by atoms with Gasteiger partial charge in [-0.25, -0.2) is 0 Å². The van der Waals surface area contributed by atoms with Crippen molar-refractivity contribution in [3.05, 3.63) is 22.5 Å². The van der Waals surface area contributed by atoms with Crippen LogP contribution in [0.15, 0.2) is 0 Å². The van der Waals surface area contributed by atoms with E-state index >= 15 is 0 Å². The van der Waals surface area contributed by atoms with Crippen LogP contribution in [-0.2, 0) is 6.42 Å². The van der Waals surface area contributed by atoms with E-state index in [-0.39, 0.29) is 17.2 Å². The number of Topliss-reactive ketones (excluding diaryl/α,β-unsaturated/α-hetero) is 1. The number of nitrogens with two attached hydrogens (primary N) is 1. The molecule has 1 aliphatic rings. The van der Waals surface area contributed by atoms with Crippen LogP contribution in [0.2, 0.25) is 0 Å². The Kier molecular flexibility index (Phi) is 4.52. The second-order valence-corrected chi connectivity index (χ2v) is 6.03. The maximum atomic E-state index is 12.6. The monoisotopic (exact) mass is 291 g/mol. The fraction of sp³-hybridized carbons (Fsp3) is 0.625. The van der Waals surface area contributed by atoms with Crippen molar-refractivity contribution in [1.82, 2.24) is 10.3 Å². The molecule has 1 aromatic heterocycles. The highest BCUT2D eigenvalue weighted by molar-refractivity contribution is 6.02. The average Bonchev–Trinajstić information content (AvgIpc) is 3.03. The summed E-state index contributed by atoms with van der Waals surface area (Å²) in [5, 5.41) is 3.11. The maximum absolute atomic E-state index is 12.6. The minimum absolute atomic E-state index is 0.00551. The molecule has 1 heterocycles. The summed E-state index contributed by atoms with van der Waals surface area (Å²) in [6.45, 7) is 5.79. The van der Waals surface area contributed by atoms with Gasteiger partial charge in [0.25, 0.3) is 5.91 Å². The molecule has 0 saturated heterocycles. The number of rotatable bonds is 5. The normalized spacial score (nSPS) is 17.0. The molecular weight excluding hydrogens is 266 g/mol. The van der Waals surface area contributed by atoms with Gasteiger partial charge >= 0.3 is 0 Å². The summed E-state index contributed by atoms with van der Waals surface area (Å²) >= 11 is 0. The van der Waals surface area contributed by atoms with Crippen LogP contribution in [0.5, 0.6) is 0 Å². The number of nitrogens with one attached hydrogen (secondary N) is 2. The molecule has 1 aromatic rings. The third-order valence-electron chi connectivity index (χ3n) is 4.55. The van der Waals surface area contributed by atoms with E-state index in [0.29, 0.717) is 24.2 Å². The summed E-state index contributed by atoms with van der Waals surface area (Å²) in [5.74, 6) is -0.149. The number of aromatic amines is 1. The fourth-order valence-electron chi connectivity index (χ4n) is 3.44. The zero-order valence-electron chi connectivity index (χ0n) is 13.1. The van der Waals surface area contributed by atoms with E-state index < -0.39 is 0 Å². The van der Waals surface area contributed by atoms with Gasteiger partial charge in [-0.15, -0.1) is 0 Å². The van der Waals surface area contributed by atoms with Gasteiger partial charge in [-0.3, -0.25) is 9.59 Å². The molecule has 0 atom stereocenters. The fourth-order valence-corrected chi connectivity index (χ4v) is 3.44. The number of hydrogen-bond donors (Lipinski definition) is 3. The van der Waals surface area contributed by atoms with Crippen LogP contribution in [0, 0.1) is 6.92 Å². The molecule has 4 N–H and O–H groups in total. The standard InChI is InChI=1S/C16H25N3O2/c1-4-12-13(11(3)20)10(2)18-14(12)15(21)19-16(9-17)7-5-6-8-16/h18H,4-9,17H2,1-3H3,(H,19,21). The SMILES string of the molecule is CCc1c(C(=O)NC2(CN)CCCC2)[nH]c(C)c1C(C)=O. The molecule has 0 spiro atoms. The molecule has 116 valence electrons. The van der Waals surface area contributed by atoms with Gasteiger partial charge in [0.05, 0.1) is 5.54 Å². The lowest BCUT2D eigenvalue weighted by molar-refractivity contribution is 0.0897. The molecular formula is C16H25N3O2. The molecule has 0 aromatic carbocycles. The Morgan fingerprint density at radius 3 is 2.43 bits per heavy atom. The van der Waals surface area contributed by atoms with Crippen LogP contribution in [0.4, 0.5) is 0 Å². The minimum atomic E-state index is -0.280. The van der Waals surface area contributed by atoms with E-state index in [1.54, 1.807) is 0 Å². The summed E-state index contributed by atoms with van der Waals surface area (Å²) in [7, 11) is 0. The lowest BCUT2D eigenvalue weighted by atomic mass is 9.97. The van der Waals surface area contributed by atoms with Gasteiger partial charge in [-0.1, -0.05) is 19.8 Å². The number of hydrogen-bond acceptors (Lipinski definition) is 3. The largest absolute Gasteiger partial charge is 0.354 e. The lowest BCUT2D eigenvalue weighted by Gasteiger charge is -2.28. The Morgan fingerprint density at radius 1 is 1.33 bits per heavy atom. The van der Waals surface area contributed by atoms with Crippen LogP contribution in [0.25, 0.3) is 0 Å². The molecule has 2 rings (SSSR count). The highest BCUT2D eigenvalue weighted by atomic mass is 16.2. The number of carbonyl (C=O) groups is 2. The summed E-state index contributed by atoms with van der Waals surface area (Å²) in [5.41, 5.74) is 8.32. The Bertz CT molecular complexity index is 554. The Balaban J connectivity index is 2.31. The van der Waals surface area contributed by atoms with Crippen molar-refractivity contribution in [2.24, 2.45) is 5.73 Å². The average molecular weight is 291 g/mol. The Hall–Kier alpha value is -1.62. The van der Waals surface area contributed by atoms with E-state index in [4.69, 9.17) is 5.73 Å². The van der Waals surface area contributed by atoms with Gasteiger partial charge in [-0.2, -0.15) is 0 Å². The molecule has 1 amide bonds. The minimum Gasteiger partial charge on any atom is -0.354 e. The van der Waals surface area contributed by atoms with Crippen LogP contribution in [0.3, 0.4) is 0 Å². The number of aryl methyl sites for hydroxylation is 1. The Morgan fingerprint density at radius 2 is 1.95 bits per heavy atom. The molecule has 1 saturated carbocycles. The van der Waals surface area contributed by atoms with Crippen LogP contribution in [0.1, 0.15) is 71.6 Å². The summed E-state index contributed by atoms with van der Waals surface area (Å²) < 4.78 is 0. The predicted molar refractivity (Wildman–Crippen MR) is 82.6 cm³/mol. The van der Waals surface area contributed by atoms with Crippen molar-refractivity contribution in [3.8, 4) is 0 Å². The number of aromatic nitrogens is 1. The molecule has 0 aliphatic heterocycles. The van der Waals surface area contributed by atoms with Gasteiger partial charge in [-0.05, 0) is 38.7 Å². The second-order valence-electron chi connectivity index (χ2n) is 6.03. The van der Waals surface area contributed by atoms with Crippen molar-refractivity contribution in [3.63, 3.8) is 0 Å². The zero-order chi connectivity index (χ0) is 15.6. The lowest BCUT2D eigenvalue weighted by Crippen LogP contribution is -2.51. The predicted octanol–water partition coefficient (Wildman–Crippen LogP) is 2.09. The first-order valence-corrected chi connectivity index (χ1v) is 7.69. The van der Waals surface area contributed by atoms with Crippen molar-refractivity contribution < 1.29 is 9.59 Å². The van der Waals surface area contributed by atoms with Crippen molar-refractivity contribution >= 4 is 11.7 Å². The van der Waals surface area contributed by atoms with E-state index in [1.165, 1.54) is 6.92 Å². The molecule has 0 radical (unpaired) electrons. The van der Waals surface area contributed by atoms with Gasteiger partial charge in [0.2, 0.25) is 0 Å². The zero-order valence-corrected chi connectivity index (χ0v) is 13.1. The quantitative estimate of drug-likeness (QED) is 0.726. The third kappa shape index (κ3) is 2.88. The van der Waals surface area contributed by atoms with Crippen molar-refractivity contribution in [2.75, 3.05) is 6.54 Å². The molecule has 0 unspecified atom stereocenters. The summed E-state index contributed by atoms with van der Waals surface area (Å²) in [4.78, 5) is 27.5. The van der Waals surface area contributed by atoms with Gasteiger partial charge in [0.15, 0.2) is 5.78 Å². The van der Waals surface area contributed by atoms with E-state index in [1.807, 2.05) is 13.8 Å². The number of H-pyrrole nitrogens is 1. The maximum Gasteiger partial charge on any atom is 0.268 e. The Labute approximate surface area is 125 Å². The van der Waals surface area contributed by atoms with E-state index in [0.717, 1.165) is 36.9 Å². The number of ketones is 1. The van der Waals surface area contributed by atoms with Crippen LogP contribution in [-0.4, -0.2) is 28.8 Å². The second kappa shape index (κ2) is 6.02.